The number of fused-ring (bicyclic) bond motifs is 3. The lowest BCUT2D eigenvalue weighted by Gasteiger charge is -2.17. The molecule has 0 radical (unpaired) electrons. The van der Waals surface area contributed by atoms with E-state index in [1.165, 1.54) is 16.2 Å². The average Bonchev–Trinajstić information content (AvgIpc) is 3.15. The molecule has 2 heterocycles. The molecule has 1 aliphatic heterocycles. The van der Waals surface area contributed by atoms with Crippen molar-refractivity contribution in [3.05, 3.63) is 70.1 Å². The van der Waals surface area contributed by atoms with Gasteiger partial charge in [0.2, 0.25) is 5.91 Å². The molecule has 0 saturated carbocycles. The topological polar surface area (TPSA) is 58.6 Å². The number of likely N-dealkylation sites (N-methyl/N-ethyl adjacent to an activating group) is 1. The Morgan fingerprint density at radius 2 is 1.93 bits per heavy atom. The van der Waals surface area contributed by atoms with Crippen LogP contribution < -0.4 is 10.1 Å². The maximum Gasteiger partial charge on any atom is 0.264 e. The zero-order valence-corrected chi connectivity index (χ0v) is 17.4. The summed E-state index contributed by atoms with van der Waals surface area (Å²) in [4.78, 5) is 28.5. The van der Waals surface area contributed by atoms with Crippen LogP contribution >= 0.6 is 11.3 Å². The van der Waals surface area contributed by atoms with Crippen molar-refractivity contribution in [1.82, 2.24) is 4.90 Å². The van der Waals surface area contributed by atoms with Gasteiger partial charge in [0.05, 0.1) is 11.4 Å². The molecule has 6 heteroatoms. The molecular weight excluding hydrogens is 384 g/mol. The molecule has 1 N–H and O–H groups in total. The van der Waals surface area contributed by atoms with Gasteiger partial charge in [-0.3, -0.25) is 9.59 Å². The fourth-order valence-electron chi connectivity index (χ4n) is 3.36. The second kappa shape index (κ2) is 7.72. The first kappa shape index (κ1) is 19.2. The van der Waals surface area contributed by atoms with Crippen LogP contribution in [-0.4, -0.2) is 30.3 Å². The van der Waals surface area contributed by atoms with Crippen LogP contribution in [0, 0.1) is 13.8 Å². The number of para-hydroxylation sites is 1. The Morgan fingerprint density at radius 3 is 2.76 bits per heavy atom. The Labute approximate surface area is 173 Å². The summed E-state index contributed by atoms with van der Waals surface area (Å²) in [5, 5.41) is 2.90. The van der Waals surface area contributed by atoms with Crippen LogP contribution in [0.25, 0.3) is 10.4 Å². The number of nitrogens with zero attached hydrogens (tertiary/aromatic N) is 1. The first-order valence-electron chi connectivity index (χ1n) is 9.40. The molecule has 5 nitrogen and oxygen atoms in total. The molecule has 0 fully saturated rings. The summed E-state index contributed by atoms with van der Waals surface area (Å²) in [5.74, 6) is 0.449. The van der Waals surface area contributed by atoms with E-state index in [1.807, 2.05) is 62.4 Å². The number of thiophene rings is 1. The Morgan fingerprint density at radius 1 is 1.14 bits per heavy atom. The van der Waals surface area contributed by atoms with Crippen molar-refractivity contribution < 1.29 is 14.3 Å². The Kier molecular flexibility index (Phi) is 5.11. The number of rotatable bonds is 4. The molecule has 0 saturated heterocycles. The van der Waals surface area contributed by atoms with Crippen molar-refractivity contribution in [2.45, 2.75) is 20.5 Å². The summed E-state index contributed by atoms with van der Waals surface area (Å²) in [7, 11) is 1.65. The summed E-state index contributed by atoms with van der Waals surface area (Å²) < 4.78 is 5.77. The third-order valence-electron chi connectivity index (χ3n) is 5.14. The smallest absolute Gasteiger partial charge is 0.264 e. The molecule has 0 aliphatic carbocycles. The highest BCUT2D eigenvalue weighted by atomic mass is 32.1. The number of amides is 2. The van der Waals surface area contributed by atoms with Gasteiger partial charge in [-0.05, 0) is 49.2 Å². The van der Waals surface area contributed by atoms with Crippen LogP contribution in [0.15, 0.2) is 48.5 Å². The fourth-order valence-corrected chi connectivity index (χ4v) is 4.55. The van der Waals surface area contributed by atoms with E-state index in [0.717, 1.165) is 38.6 Å². The lowest BCUT2D eigenvalue weighted by atomic mass is 10.1. The van der Waals surface area contributed by atoms with Crippen LogP contribution in [0.2, 0.25) is 0 Å². The maximum absolute atomic E-state index is 12.9. The third kappa shape index (κ3) is 3.76. The number of anilines is 1. The van der Waals surface area contributed by atoms with Crippen molar-refractivity contribution in [3.63, 3.8) is 0 Å². The average molecular weight is 407 g/mol. The number of carbonyl (C=O) groups is 2. The first-order valence-corrected chi connectivity index (χ1v) is 10.2. The molecule has 148 valence electrons. The summed E-state index contributed by atoms with van der Waals surface area (Å²) in [6.07, 6.45) is 0. The largest absolute Gasteiger partial charge is 0.488 e. The van der Waals surface area contributed by atoms with Crippen molar-refractivity contribution >= 4 is 28.8 Å². The monoisotopic (exact) mass is 406 g/mol. The van der Waals surface area contributed by atoms with Gasteiger partial charge in [0.25, 0.3) is 5.91 Å². The predicted octanol–water partition coefficient (Wildman–Crippen LogP) is 4.64. The van der Waals surface area contributed by atoms with Crippen molar-refractivity contribution in [3.8, 4) is 16.2 Å². The summed E-state index contributed by atoms with van der Waals surface area (Å²) >= 11 is 1.45. The molecular formula is C23H22N2O3S. The summed E-state index contributed by atoms with van der Waals surface area (Å²) in [6, 6.07) is 15.5. The SMILES string of the molecule is Cc1cccc(NC(=O)CN(C)C(=O)c2cc3c(s2)-c2ccccc2OC3)c1C. The van der Waals surface area contributed by atoms with Gasteiger partial charge in [0.1, 0.15) is 12.4 Å². The van der Waals surface area contributed by atoms with E-state index < -0.39 is 0 Å². The maximum atomic E-state index is 12.9. The van der Waals surface area contributed by atoms with E-state index in [1.54, 1.807) is 7.05 Å². The van der Waals surface area contributed by atoms with Gasteiger partial charge in [-0.25, -0.2) is 0 Å². The summed E-state index contributed by atoms with van der Waals surface area (Å²) in [6.45, 7) is 4.41. The summed E-state index contributed by atoms with van der Waals surface area (Å²) in [5.41, 5.74) is 4.92. The molecule has 2 aromatic carbocycles. The predicted molar refractivity (Wildman–Crippen MR) is 116 cm³/mol. The zero-order chi connectivity index (χ0) is 20.5. The molecule has 2 amide bonds. The van der Waals surface area contributed by atoms with Crippen LogP contribution in [0.5, 0.6) is 5.75 Å². The molecule has 0 atom stereocenters. The molecule has 29 heavy (non-hydrogen) atoms. The van der Waals surface area contributed by atoms with E-state index in [2.05, 4.69) is 5.32 Å². The molecule has 1 aromatic heterocycles. The van der Waals surface area contributed by atoms with Gasteiger partial charge in [0.15, 0.2) is 0 Å². The van der Waals surface area contributed by atoms with Gasteiger partial charge >= 0.3 is 0 Å². The normalized spacial score (nSPS) is 11.8. The molecule has 0 bridgehead atoms. The van der Waals surface area contributed by atoms with Gasteiger partial charge in [-0.15, -0.1) is 11.3 Å². The Balaban J connectivity index is 1.47. The third-order valence-corrected chi connectivity index (χ3v) is 6.34. The first-order chi connectivity index (χ1) is 13.9. The van der Waals surface area contributed by atoms with Crippen LogP contribution in [0.1, 0.15) is 26.4 Å². The van der Waals surface area contributed by atoms with E-state index >= 15 is 0 Å². The van der Waals surface area contributed by atoms with E-state index in [4.69, 9.17) is 4.74 Å². The number of carbonyl (C=O) groups excluding carboxylic acids is 2. The number of hydrogen-bond donors (Lipinski definition) is 1. The standard InChI is InChI=1S/C23H22N2O3S/c1-14-7-6-9-18(15(14)2)24-21(26)12-25(3)23(27)20-11-16-13-28-19-10-5-4-8-17(19)22(16)29-20/h4-11H,12-13H2,1-3H3,(H,24,26). The molecule has 0 unspecified atom stereocenters. The minimum atomic E-state index is -0.218. The highest BCUT2D eigenvalue weighted by Gasteiger charge is 2.24. The second-order valence-electron chi connectivity index (χ2n) is 7.21. The number of benzene rings is 2. The molecule has 4 rings (SSSR count). The number of aryl methyl sites for hydroxylation is 1. The van der Waals surface area contributed by atoms with Crippen molar-refractivity contribution in [2.24, 2.45) is 0 Å². The van der Waals surface area contributed by atoms with Crippen molar-refractivity contribution in [1.29, 1.82) is 0 Å². The van der Waals surface area contributed by atoms with Crippen LogP contribution in [0.3, 0.4) is 0 Å². The quantitative estimate of drug-likeness (QED) is 0.687. The zero-order valence-electron chi connectivity index (χ0n) is 16.6. The number of hydrogen-bond acceptors (Lipinski definition) is 4. The highest BCUT2D eigenvalue weighted by molar-refractivity contribution is 7.17. The lowest BCUT2D eigenvalue weighted by Crippen LogP contribution is -2.34. The molecule has 1 aliphatic rings. The van der Waals surface area contributed by atoms with E-state index in [-0.39, 0.29) is 18.4 Å². The second-order valence-corrected chi connectivity index (χ2v) is 8.26. The van der Waals surface area contributed by atoms with Crippen LogP contribution in [-0.2, 0) is 11.4 Å². The van der Waals surface area contributed by atoms with Crippen LogP contribution in [0.4, 0.5) is 5.69 Å². The van der Waals surface area contributed by atoms with Crippen molar-refractivity contribution in [2.75, 3.05) is 18.9 Å². The minimum Gasteiger partial charge on any atom is -0.488 e. The highest BCUT2D eigenvalue weighted by Crippen LogP contribution is 2.42. The number of nitrogens with one attached hydrogen (secondary N) is 1. The fraction of sp³-hybridized carbons (Fsp3) is 0.217. The van der Waals surface area contributed by atoms with Gasteiger partial charge < -0.3 is 15.0 Å². The van der Waals surface area contributed by atoms with E-state index in [0.29, 0.717) is 11.5 Å². The minimum absolute atomic E-state index is 0.0120. The number of ether oxygens (including phenoxy) is 1. The Hall–Kier alpha value is -3.12. The van der Waals surface area contributed by atoms with Gasteiger partial charge in [0, 0.05) is 28.7 Å². The van der Waals surface area contributed by atoms with Gasteiger partial charge in [-0.2, -0.15) is 0 Å². The van der Waals surface area contributed by atoms with E-state index in [9.17, 15) is 9.59 Å². The lowest BCUT2D eigenvalue weighted by molar-refractivity contribution is -0.116. The molecule has 3 aromatic rings. The van der Waals surface area contributed by atoms with Gasteiger partial charge in [-0.1, -0.05) is 24.3 Å². The Bertz CT molecular complexity index is 1100. The molecule has 0 spiro atoms.